The zero-order valence-electron chi connectivity index (χ0n) is 6.51. The van der Waals surface area contributed by atoms with Gasteiger partial charge in [0.1, 0.15) is 0 Å². The first-order valence-electron chi connectivity index (χ1n) is 4.47. The van der Waals surface area contributed by atoms with Gasteiger partial charge in [0.05, 0.1) is 0 Å². The van der Waals surface area contributed by atoms with Crippen LogP contribution < -0.4 is 0 Å². The quantitative estimate of drug-likeness (QED) is 0.510. The molecule has 0 heterocycles. The highest BCUT2D eigenvalue weighted by Crippen LogP contribution is 2.41. The van der Waals surface area contributed by atoms with E-state index in [1.165, 1.54) is 31.1 Å². The summed E-state index contributed by atoms with van der Waals surface area (Å²) in [6.07, 6.45) is 10.8. The third kappa shape index (κ3) is 1.47. The highest BCUT2D eigenvalue weighted by molar-refractivity contribution is 5.85. The molecule has 1 heteroatoms. The Hall–Kier alpha value is 0.290. The zero-order chi connectivity index (χ0) is 6.10. The number of hydrogen-bond donors (Lipinski definition) is 0. The van der Waals surface area contributed by atoms with Gasteiger partial charge in [-0.25, -0.2) is 0 Å². The molecule has 0 nitrogen and oxygen atoms in total. The molecule has 0 aromatic heterocycles. The molecule has 0 saturated heterocycles. The molecule has 0 spiro atoms. The van der Waals surface area contributed by atoms with Gasteiger partial charge in [0.2, 0.25) is 0 Å². The van der Waals surface area contributed by atoms with Gasteiger partial charge in [0, 0.05) is 0 Å². The highest BCUT2D eigenvalue weighted by Gasteiger charge is 2.28. The Morgan fingerprint density at radius 2 is 1.00 bits per heavy atom. The van der Waals surface area contributed by atoms with Crippen LogP contribution in [0.3, 0.4) is 0 Å². The van der Waals surface area contributed by atoms with Gasteiger partial charge in [-0.05, 0) is 11.8 Å². The monoisotopic (exact) mass is 160 g/mol. The number of fused-ring (bicyclic) bond motifs is 1. The molecule has 0 bridgehead atoms. The van der Waals surface area contributed by atoms with Crippen molar-refractivity contribution in [3.05, 3.63) is 0 Å². The fraction of sp³-hybridized carbons (Fsp3) is 1.00. The van der Waals surface area contributed by atoms with E-state index in [-0.39, 0.29) is 12.4 Å². The summed E-state index contributed by atoms with van der Waals surface area (Å²) in [5.41, 5.74) is 0. The Balaban J connectivity index is 0.000000500. The fourth-order valence-corrected chi connectivity index (χ4v) is 2.69. The second-order valence-electron chi connectivity index (χ2n) is 3.74. The smallest absolute Gasteiger partial charge is 0.0386 e. The van der Waals surface area contributed by atoms with E-state index in [9.17, 15) is 0 Å². The van der Waals surface area contributed by atoms with E-state index >= 15 is 0 Å². The molecule has 2 atom stereocenters. The van der Waals surface area contributed by atoms with Crippen LogP contribution in [0.1, 0.15) is 44.9 Å². The topological polar surface area (TPSA) is 0 Å². The van der Waals surface area contributed by atoms with Crippen molar-refractivity contribution < 1.29 is 0 Å². The van der Waals surface area contributed by atoms with E-state index in [0.717, 1.165) is 0 Å². The lowest BCUT2D eigenvalue weighted by Crippen LogP contribution is -2.12. The van der Waals surface area contributed by atoms with Crippen LogP contribution in [0.5, 0.6) is 0 Å². The Kier molecular flexibility index (Phi) is 3.03. The first kappa shape index (κ1) is 8.39. The van der Waals surface area contributed by atoms with Gasteiger partial charge in [0.15, 0.2) is 0 Å². The maximum atomic E-state index is 1.56. The summed E-state index contributed by atoms with van der Waals surface area (Å²) in [6.45, 7) is 0. The van der Waals surface area contributed by atoms with Crippen LogP contribution in [0.2, 0.25) is 0 Å². The summed E-state index contributed by atoms with van der Waals surface area (Å²) in [5.74, 6) is 2.33. The van der Waals surface area contributed by atoms with E-state index in [2.05, 4.69) is 0 Å². The van der Waals surface area contributed by atoms with Crippen LogP contribution in [-0.2, 0) is 0 Å². The van der Waals surface area contributed by atoms with Gasteiger partial charge >= 0.3 is 0 Å². The average molecular weight is 161 g/mol. The molecule has 2 aliphatic rings. The summed E-state index contributed by atoms with van der Waals surface area (Å²) >= 11 is 0. The minimum absolute atomic E-state index is 0. The molecule has 2 fully saturated rings. The molecule has 0 radical (unpaired) electrons. The Morgan fingerprint density at radius 1 is 0.600 bits per heavy atom. The largest absolute Gasteiger partial charge is 0.147 e. The molecule has 0 aromatic carbocycles. The minimum atomic E-state index is 0. The molecule has 10 heavy (non-hydrogen) atoms. The fourth-order valence-electron chi connectivity index (χ4n) is 2.69. The first-order valence-corrected chi connectivity index (χ1v) is 4.47. The van der Waals surface area contributed by atoms with Crippen molar-refractivity contribution in [2.45, 2.75) is 44.9 Å². The van der Waals surface area contributed by atoms with Crippen molar-refractivity contribution in [2.75, 3.05) is 0 Å². The Morgan fingerprint density at radius 3 is 1.50 bits per heavy atom. The molecular weight excluding hydrogens is 144 g/mol. The van der Waals surface area contributed by atoms with Crippen LogP contribution in [0.25, 0.3) is 0 Å². The molecule has 0 aliphatic heterocycles. The molecule has 2 aliphatic carbocycles. The lowest BCUT2D eigenvalue weighted by Gasteiger charge is -2.24. The van der Waals surface area contributed by atoms with Gasteiger partial charge < -0.3 is 0 Å². The predicted molar refractivity (Wildman–Crippen MR) is 46.5 cm³/mol. The number of hydrogen-bond acceptors (Lipinski definition) is 0. The lowest BCUT2D eigenvalue weighted by atomic mass is 9.82. The van der Waals surface area contributed by atoms with Crippen molar-refractivity contribution in [3.8, 4) is 0 Å². The van der Waals surface area contributed by atoms with E-state index in [0.29, 0.717) is 0 Å². The van der Waals surface area contributed by atoms with Crippen molar-refractivity contribution in [3.63, 3.8) is 0 Å². The molecular formula is C9H17Cl. The summed E-state index contributed by atoms with van der Waals surface area (Å²) in [5, 5.41) is 0. The van der Waals surface area contributed by atoms with E-state index in [4.69, 9.17) is 0 Å². The molecule has 60 valence electrons. The van der Waals surface area contributed by atoms with Crippen molar-refractivity contribution in [1.29, 1.82) is 0 Å². The van der Waals surface area contributed by atoms with Gasteiger partial charge in [-0.2, -0.15) is 0 Å². The Labute approximate surface area is 69.8 Å². The molecule has 0 N–H and O–H groups in total. The summed E-state index contributed by atoms with van der Waals surface area (Å²) in [4.78, 5) is 0. The van der Waals surface area contributed by atoms with Crippen LogP contribution in [0.15, 0.2) is 0 Å². The van der Waals surface area contributed by atoms with Gasteiger partial charge in [-0.15, -0.1) is 12.4 Å². The van der Waals surface area contributed by atoms with Crippen molar-refractivity contribution in [1.82, 2.24) is 0 Å². The average Bonchev–Trinajstić information content (AvgIpc) is 2.33. The highest BCUT2D eigenvalue weighted by atomic mass is 35.5. The molecule has 0 amide bonds. The predicted octanol–water partition coefficient (Wildman–Crippen LogP) is 3.40. The first-order chi connectivity index (χ1) is 4.47. The SMILES string of the molecule is C1CCC2CCCC2C1.Cl. The Bertz CT molecular complexity index is 88.9. The van der Waals surface area contributed by atoms with Gasteiger partial charge in [0.25, 0.3) is 0 Å². The number of halogens is 1. The molecule has 2 rings (SSSR count). The maximum absolute atomic E-state index is 1.56. The van der Waals surface area contributed by atoms with Crippen molar-refractivity contribution in [2.24, 2.45) is 11.8 Å². The van der Waals surface area contributed by atoms with Crippen LogP contribution in [0.4, 0.5) is 0 Å². The second kappa shape index (κ2) is 3.61. The molecule has 0 aromatic rings. The van der Waals surface area contributed by atoms with Gasteiger partial charge in [-0.1, -0.05) is 44.9 Å². The van der Waals surface area contributed by atoms with E-state index in [1.807, 2.05) is 0 Å². The summed E-state index contributed by atoms with van der Waals surface area (Å²) < 4.78 is 0. The molecule has 2 saturated carbocycles. The van der Waals surface area contributed by atoms with Crippen molar-refractivity contribution >= 4 is 12.4 Å². The lowest BCUT2D eigenvalue weighted by molar-refractivity contribution is 0.277. The van der Waals surface area contributed by atoms with E-state index in [1.54, 1.807) is 25.7 Å². The van der Waals surface area contributed by atoms with Crippen LogP contribution >= 0.6 is 12.4 Å². The summed E-state index contributed by atoms with van der Waals surface area (Å²) in [6, 6.07) is 0. The summed E-state index contributed by atoms with van der Waals surface area (Å²) in [7, 11) is 0. The third-order valence-corrected chi connectivity index (χ3v) is 3.22. The second-order valence-corrected chi connectivity index (χ2v) is 3.74. The van der Waals surface area contributed by atoms with E-state index < -0.39 is 0 Å². The standard InChI is InChI=1S/C9H16.ClH/c1-2-5-9-7-3-6-8(9)4-1;/h8-9H,1-7H2;1H. The zero-order valence-corrected chi connectivity index (χ0v) is 7.33. The number of rotatable bonds is 0. The minimum Gasteiger partial charge on any atom is -0.147 e. The van der Waals surface area contributed by atoms with Crippen LogP contribution in [0, 0.1) is 11.8 Å². The normalized spacial score (nSPS) is 38.4. The van der Waals surface area contributed by atoms with Crippen LogP contribution in [-0.4, -0.2) is 0 Å². The maximum Gasteiger partial charge on any atom is -0.0386 e. The molecule has 2 unspecified atom stereocenters. The van der Waals surface area contributed by atoms with Gasteiger partial charge in [-0.3, -0.25) is 0 Å². The third-order valence-electron chi connectivity index (χ3n) is 3.22.